The first-order valence-electron chi connectivity index (χ1n) is 12.7. The Balaban J connectivity index is 2.03. The first kappa shape index (κ1) is 26.1. The lowest BCUT2D eigenvalue weighted by atomic mass is 9.75. The van der Waals surface area contributed by atoms with E-state index in [-0.39, 0.29) is 17.2 Å². The average molecular weight is 489 g/mol. The van der Waals surface area contributed by atoms with Crippen molar-refractivity contribution < 1.29 is 19.0 Å². The lowest BCUT2D eigenvalue weighted by molar-refractivity contribution is -0.110. The van der Waals surface area contributed by atoms with Crippen molar-refractivity contribution in [2.45, 2.75) is 83.8 Å². The maximum absolute atomic E-state index is 13.9. The van der Waals surface area contributed by atoms with Crippen molar-refractivity contribution in [2.75, 3.05) is 0 Å². The van der Waals surface area contributed by atoms with Crippen LogP contribution in [0.15, 0.2) is 54.6 Å². The number of benzene rings is 3. The molecule has 3 aromatic carbocycles. The SMILES string of the molecule is CC(C)c1cc2c(c(-c3ccc(F)cc3)c1C(O)c1ccc(C(C)(C)C)cc1)C(C=O)CC(C)(C)O2. The molecule has 36 heavy (non-hydrogen) atoms. The van der Waals surface area contributed by atoms with Gasteiger partial charge in [-0.05, 0) is 76.8 Å². The van der Waals surface area contributed by atoms with Gasteiger partial charge in [-0.1, -0.05) is 71.0 Å². The van der Waals surface area contributed by atoms with Crippen LogP contribution in [0.1, 0.15) is 101 Å². The largest absolute Gasteiger partial charge is 0.487 e. The second kappa shape index (κ2) is 9.48. The molecule has 0 spiro atoms. The fourth-order valence-corrected chi connectivity index (χ4v) is 5.28. The molecule has 3 aromatic rings. The third kappa shape index (κ3) is 4.97. The Hall–Kier alpha value is -2.98. The Morgan fingerprint density at radius 2 is 1.67 bits per heavy atom. The zero-order valence-electron chi connectivity index (χ0n) is 22.4. The van der Waals surface area contributed by atoms with E-state index in [2.05, 4.69) is 46.8 Å². The molecule has 1 heterocycles. The van der Waals surface area contributed by atoms with Gasteiger partial charge in [-0.25, -0.2) is 4.39 Å². The molecule has 1 aliphatic heterocycles. The summed E-state index contributed by atoms with van der Waals surface area (Å²) >= 11 is 0. The highest BCUT2D eigenvalue weighted by atomic mass is 19.1. The lowest BCUT2D eigenvalue weighted by Gasteiger charge is -2.39. The van der Waals surface area contributed by atoms with Gasteiger partial charge in [0.2, 0.25) is 0 Å². The number of fused-ring (bicyclic) bond motifs is 1. The zero-order valence-corrected chi connectivity index (χ0v) is 22.4. The van der Waals surface area contributed by atoms with E-state index < -0.39 is 17.6 Å². The molecule has 1 N–H and O–H groups in total. The fraction of sp³-hybridized carbons (Fsp3) is 0.406. The minimum absolute atomic E-state index is 0.00100. The highest BCUT2D eigenvalue weighted by molar-refractivity contribution is 5.82. The summed E-state index contributed by atoms with van der Waals surface area (Å²) in [5.74, 6) is -0.00206. The molecule has 4 heteroatoms. The minimum Gasteiger partial charge on any atom is -0.487 e. The van der Waals surface area contributed by atoms with Crippen molar-refractivity contribution in [2.24, 2.45) is 0 Å². The van der Waals surface area contributed by atoms with Gasteiger partial charge in [0.05, 0.1) is 0 Å². The van der Waals surface area contributed by atoms with Crippen LogP contribution in [0.5, 0.6) is 5.75 Å². The average Bonchev–Trinajstić information content (AvgIpc) is 2.81. The number of carbonyl (C=O) groups excluding carboxylic acids is 1. The minimum atomic E-state index is -0.927. The molecule has 0 aliphatic carbocycles. The van der Waals surface area contributed by atoms with Crippen LogP contribution in [-0.4, -0.2) is 17.0 Å². The van der Waals surface area contributed by atoms with Crippen LogP contribution in [0, 0.1) is 5.82 Å². The Kier molecular flexibility index (Phi) is 6.87. The van der Waals surface area contributed by atoms with Gasteiger partial charge in [-0.2, -0.15) is 0 Å². The van der Waals surface area contributed by atoms with Crippen molar-refractivity contribution in [3.05, 3.63) is 88.2 Å². The number of ether oxygens (including phenoxy) is 1. The summed E-state index contributed by atoms with van der Waals surface area (Å²) in [5, 5.41) is 11.9. The Morgan fingerprint density at radius 3 is 2.19 bits per heavy atom. The third-order valence-corrected chi connectivity index (χ3v) is 7.16. The van der Waals surface area contributed by atoms with Crippen molar-refractivity contribution >= 4 is 6.29 Å². The third-order valence-electron chi connectivity index (χ3n) is 7.16. The van der Waals surface area contributed by atoms with Crippen LogP contribution in [0.25, 0.3) is 11.1 Å². The molecule has 4 rings (SSSR count). The van der Waals surface area contributed by atoms with E-state index in [0.717, 1.165) is 39.7 Å². The fourth-order valence-electron chi connectivity index (χ4n) is 5.28. The van der Waals surface area contributed by atoms with Crippen LogP contribution in [-0.2, 0) is 10.2 Å². The summed E-state index contributed by atoms with van der Waals surface area (Å²) in [5.41, 5.74) is 5.42. The van der Waals surface area contributed by atoms with Crippen molar-refractivity contribution in [1.29, 1.82) is 0 Å². The number of halogens is 1. The second-order valence-electron chi connectivity index (χ2n) is 11.9. The van der Waals surface area contributed by atoms with Gasteiger partial charge in [0.25, 0.3) is 0 Å². The van der Waals surface area contributed by atoms with Crippen LogP contribution in [0.2, 0.25) is 0 Å². The molecular weight excluding hydrogens is 451 g/mol. The summed E-state index contributed by atoms with van der Waals surface area (Å²) < 4.78 is 20.3. The Bertz CT molecular complexity index is 1250. The lowest BCUT2D eigenvalue weighted by Crippen LogP contribution is -2.36. The molecule has 0 bridgehead atoms. The molecule has 190 valence electrons. The molecule has 0 saturated carbocycles. The van der Waals surface area contributed by atoms with Gasteiger partial charge in [0.1, 0.15) is 29.6 Å². The quantitative estimate of drug-likeness (QED) is 0.372. The molecule has 3 nitrogen and oxygen atoms in total. The smallest absolute Gasteiger partial charge is 0.127 e. The normalized spacial score (nSPS) is 17.9. The van der Waals surface area contributed by atoms with Gasteiger partial charge < -0.3 is 14.6 Å². The van der Waals surface area contributed by atoms with E-state index in [9.17, 15) is 14.3 Å². The number of aldehydes is 1. The summed E-state index contributed by atoms with van der Waals surface area (Å²) in [6.07, 6.45) is 0.567. The van der Waals surface area contributed by atoms with Gasteiger partial charge in [-0.15, -0.1) is 0 Å². The predicted octanol–water partition coefficient (Wildman–Crippen LogP) is 7.84. The van der Waals surface area contributed by atoms with E-state index in [0.29, 0.717) is 12.2 Å². The summed E-state index contributed by atoms with van der Waals surface area (Å²) in [4.78, 5) is 12.4. The number of aliphatic hydroxyl groups is 1. The van der Waals surface area contributed by atoms with Crippen molar-refractivity contribution in [3.8, 4) is 16.9 Å². The molecule has 2 unspecified atom stereocenters. The van der Waals surface area contributed by atoms with Gasteiger partial charge in [0, 0.05) is 17.9 Å². The van der Waals surface area contributed by atoms with E-state index in [4.69, 9.17) is 4.74 Å². The number of rotatable bonds is 5. The van der Waals surface area contributed by atoms with Crippen molar-refractivity contribution in [1.82, 2.24) is 0 Å². The van der Waals surface area contributed by atoms with Crippen LogP contribution >= 0.6 is 0 Å². The topological polar surface area (TPSA) is 46.5 Å². The van der Waals surface area contributed by atoms with Crippen LogP contribution in [0.4, 0.5) is 4.39 Å². The van der Waals surface area contributed by atoms with E-state index in [1.165, 1.54) is 17.7 Å². The predicted molar refractivity (Wildman–Crippen MR) is 143 cm³/mol. The van der Waals surface area contributed by atoms with Gasteiger partial charge in [0.15, 0.2) is 0 Å². The maximum Gasteiger partial charge on any atom is 0.127 e. The van der Waals surface area contributed by atoms with E-state index >= 15 is 0 Å². The Labute approximate surface area is 214 Å². The zero-order chi connectivity index (χ0) is 26.4. The molecular formula is C32H37FO3. The monoisotopic (exact) mass is 488 g/mol. The first-order chi connectivity index (χ1) is 16.8. The van der Waals surface area contributed by atoms with Crippen LogP contribution in [0.3, 0.4) is 0 Å². The summed E-state index contributed by atoms with van der Waals surface area (Å²) in [7, 11) is 0. The molecule has 0 fully saturated rings. The highest BCUT2D eigenvalue weighted by Crippen LogP contribution is 2.50. The Morgan fingerprint density at radius 1 is 1.06 bits per heavy atom. The number of carbonyl (C=O) groups is 1. The molecule has 1 aliphatic rings. The van der Waals surface area contributed by atoms with Gasteiger partial charge >= 0.3 is 0 Å². The van der Waals surface area contributed by atoms with Crippen molar-refractivity contribution in [3.63, 3.8) is 0 Å². The molecule has 0 amide bonds. The molecule has 2 atom stereocenters. The molecule has 0 saturated heterocycles. The van der Waals surface area contributed by atoms with Crippen LogP contribution < -0.4 is 4.74 Å². The number of aliphatic hydroxyl groups excluding tert-OH is 1. The second-order valence-corrected chi connectivity index (χ2v) is 11.9. The van der Waals surface area contributed by atoms with Gasteiger partial charge in [-0.3, -0.25) is 0 Å². The molecule has 0 aromatic heterocycles. The van der Waals surface area contributed by atoms with E-state index in [1.54, 1.807) is 12.1 Å². The maximum atomic E-state index is 13.9. The first-order valence-corrected chi connectivity index (χ1v) is 12.7. The standard InChI is InChI=1S/C32H37FO3/c1-19(2)25-16-26-27(22(18-34)17-32(6,7)36-26)28(20-10-14-24(33)15-11-20)29(25)30(35)21-8-12-23(13-9-21)31(3,4)5/h8-16,18-19,22,30,35H,17H2,1-7H3. The summed E-state index contributed by atoms with van der Waals surface area (Å²) in [6, 6.07) is 16.3. The highest BCUT2D eigenvalue weighted by Gasteiger charge is 2.38. The van der Waals surface area contributed by atoms with E-state index in [1.807, 2.05) is 32.0 Å². The number of hydrogen-bond acceptors (Lipinski definition) is 3. The molecule has 0 radical (unpaired) electrons. The number of hydrogen-bond donors (Lipinski definition) is 1. The summed E-state index contributed by atoms with van der Waals surface area (Å²) in [6.45, 7) is 14.6.